The van der Waals surface area contributed by atoms with Gasteiger partial charge in [-0.05, 0) is 56.8 Å². The third kappa shape index (κ3) is 2.87. The summed E-state index contributed by atoms with van der Waals surface area (Å²) in [6.45, 7) is 4.12. The second kappa shape index (κ2) is 5.50. The Morgan fingerprint density at radius 2 is 1.76 bits per heavy atom. The highest BCUT2D eigenvalue weighted by atomic mass is 16.4. The van der Waals surface area contributed by atoms with Gasteiger partial charge in [0.2, 0.25) is 0 Å². The van der Waals surface area contributed by atoms with E-state index >= 15 is 0 Å². The van der Waals surface area contributed by atoms with Gasteiger partial charge in [-0.3, -0.25) is 0 Å². The Bertz CT molecular complexity index is 417. The maximum atomic E-state index is 12.9. The normalized spacial score (nSPS) is 28.7. The maximum Gasteiger partial charge on any atom is 0.329 e. The van der Waals surface area contributed by atoms with Crippen molar-refractivity contribution in [3.63, 3.8) is 0 Å². The van der Waals surface area contributed by atoms with Crippen molar-refractivity contribution in [2.75, 3.05) is 19.6 Å². The summed E-state index contributed by atoms with van der Waals surface area (Å²) in [7, 11) is 0. The molecule has 0 spiro atoms. The van der Waals surface area contributed by atoms with Crippen LogP contribution in [0.2, 0.25) is 0 Å². The second-order valence-electron chi connectivity index (χ2n) is 7.02. The number of likely N-dealkylation sites (tertiary alicyclic amines) is 1. The Labute approximate surface area is 126 Å². The molecule has 0 bridgehead atoms. The molecule has 5 nitrogen and oxygen atoms in total. The molecule has 3 rings (SSSR count). The number of hydrogen-bond acceptors (Lipinski definition) is 2. The van der Waals surface area contributed by atoms with Gasteiger partial charge in [0.05, 0.1) is 0 Å². The van der Waals surface area contributed by atoms with E-state index in [0.717, 1.165) is 19.5 Å². The number of carbonyl (C=O) groups is 2. The van der Waals surface area contributed by atoms with Crippen LogP contribution in [0.15, 0.2) is 0 Å². The number of urea groups is 1. The van der Waals surface area contributed by atoms with Crippen LogP contribution in [0.4, 0.5) is 4.79 Å². The number of carboxylic acids is 1. The number of carbonyl (C=O) groups excluding carboxylic acids is 1. The summed E-state index contributed by atoms with van der Waals surface area (Å²) in [5.74, 6) is 0.459. The first-order valence-electron chi connectivity index (χ1n) is 8.37. The highest BCUT2D eigenvalue weighted by molar-refractivity contribution is 5.87. The molecule has 2 saturated carbocycles. The topological polar surface area (TPSA) is 60.9 Å². The van der Waals surface area contributed by atoms with Crippen LogP contribution in [0, 0.1) is 11.8 Å². The summed E-state index contributed by atoms with van der Waals surface area (Å²) in [5, 5.41) is 9.64. The SMILES string of the molecule is CCC1(C(=O)O)CCCN1C(=O)N(CC1CC1)CC1CC1. The molecule has 2 amide bonds. The van der Waals surface area contributed by atoms with E-state index in [4.69, 9.17) is 0 Å². The molecule has 0 aromatic rings. The molecule has 1 saturated heterocycles. The number of amides is 2. The van der Waals surface area contributed by atoms with Crippen LogP contribution >= 0.6 is 0 Å². The lowest BCUT2D eigenvalue weighted by atomic mass is 9.93. The Balaban J connectivity index is 1.74. The van der Waals surface area contributed by atoms with E-state index in [0.29, 0.717) is 31.2 Å². The lowest BCUT2D eigenvalue weighted by Crippen LogP contribution is -2.57. The van der Waals surface area contributed by atoms with E-state index in [2.05, 4.69) is 0 Å². The molecule has 1 aliphatic heterocycles. The fraction of sp³-hybridized carbons (Fsp3) is 0.875. The molecule has 3 aliphatic rings. The summed E-state index contributed by atoms with van der Waals surface area (Å²) in [6.07, 6.45) is 6.74. The molecule has 5 heteroatoms. The summed E-state index contributed by atoms with van der Waals surface area (Å²) < 4.78 is 0. The highest BCUT2D eigenvalue weighted by Crippen LogP contribution is 2.37. The molecule has 118 valence electrons. The van der Waals surface area contributed by atoms with Crippen LogP contribution in [0.3, 0.4) is 0 Å². The minimum absolute atomic E-state index is 0.0319. The highest BCUT2D eigenvalue weighted by Gasteiger charge is 2.50. The van der Waals surface area contributed by atoms with Crippen molar-refractivity contribution in [1.82, 2.24) is 9.80 Å². The third-order valence-electron chi connectivity index (χ3n) is 5.32. The number of carboxylic acid groups (broad SMARTS) is 1. The first-order valence-corrected chi connectivity index (χ1v) is 8.37. The molecule has 1 N–H and O–H groups in total. The summed E-state index contributed by atoms with van der Waals surface area (Å²) >= 11 is 0. The van der Waals surface area contributed by atoms with E-state index in [1.165, 1.54) is 25.7 Å². The number of rotatable bonds is 6. The number of nitrogens with zero attached hydrogens (tertiary/aromatic N) is 2. The van der Waals surface area contributed by atoms with Crippen LogP contribution in [-0.2, 0) is 4.79 Å². The number of hydrogen-bond donors (Lipinski definition) is 1. The van der Waals surface area contributed by atoms with Crippen molar-refractivity contribution in [1.29, 1.82) is 0 Å². The minimum Gasteiger partial charge on any atom is -0.479 e. The van der Waals surface area contributed by atoms with Crippen LogP contribution in [-0.4, -0.2) is 52.1 Å². The fourth-order valence-electron chi connectivity index (χ4n) is 3.52. The first kappa shape index (κ1) is 14.7. The van der Waals surface area contributed by atoms with Gasteiger partial charge in [-0.1, -0.05) is 6.92 Å². The van der Waals surface area contributed by atoms with Gasteiger partial charge in [0, 0.05) is 19.6 Å². The van der Waals surface area contributed by atoms with Crippen LogP contribution in [0.25, 0.3) is 0 Å². The van der Waals surface area contributed by atoms with Gasteiger partial charge in [-0.25, -0.2) is 9.59 Å². The van der Waals surface area contributed by atoms with Crippen molar-refractivity contribution < 1.29 is 14.7 Å². The molecule has 0 aromatic carbocycles. The van der Waals surface area contributed by atoms with Crippen molar-refractivity contribution in [3.8, 4) is 0 Å². The van der Waals surface area contributed by atoms with Crippen molar-refractivity contribution >= 4 is 12.0 Å². The van der Waals surface area contributed by atoms with Crippen molar-refractivity contribution in [2.24, 2.45) is 11.8 Å². The van der Waals surface area contributed by atoms with E-state index < -0.39 is 11.5 Å². The Morgan fingerprint density at radius 3 is 2.19 bits per heavy atom. The standard InChI is InChI=1S/C16H26N2O3/c1-2-16(14(19)20)8-3-9-18(16)15(21)17(10-12-4-5-12)11-13-6-7-13/h12-13H,2-11H2,1H3,(H,19,20). The molecule has 21 heavy (non-hydrogen) atoms. The van der Waals surface area contributed by atoms with E-state index in [-0.39, 0.29) is 6.03 Å². The maximum absolute atomic E-state index is 12.9. The molecular weight excluding hydrogens is 268 g/mol. The van der Waals surface area contributed by atoms with E-state index in [1.54, 1.807) is 4.90 Å². The first-order chi connectivity index (χ1) is 10.1. The Morgan fingerprint density at radius 1 is 1.19 bits per heavy atom. The molecule has 0 aromatic heterocycles. The summed E-state index contributed by atoms with van der Waals surface area (Å²) in [5.41, 5.74) is -0.970. The zero-order valence-electron chi connectivity index (χ0n) is 12.9. The predicted octanol–water partition coefficient (Wildman–Crippen LogP) is 2.56. The van der Waals surface area contributed by atoms with Gasteiger partial charge in [0.1, 0.15) is 5.54 Å². The van der Waals surface area contributed by atoms with Gasteiger partial charge in [0.15, 0.2) is 0 Å². The van der Waals surface area contributed by atoms with Gasteiger partial charge >= 0.3 is 12.0 Å². The molecule has 1 unspecified atom stereocenters. The van der Waals surface area contributed by atoms with Gasteiger partial charge in [-0.2, -0.15) is 0 Å². The zero-order chi connectivity index (χ0) is 15.0. The monoisotopic (exact) mass is 294 g/mol. The molecule has 2 aliphatic carbocycles. The van der Waals surface area contributed by atoms with Crippen molar-refractivity contribution in [2.45, 2.75) is 57.4 Å². The molecule has 3 fully saturated rings. The van der Waals surface area contributed by atoms with Crippen molar-refractivity contribution in [3.05, 3.63) is 0 Å². The van der Waals surface area contributed by atoms with Gasteiger partial charge < -0.3 is 14.9 Å². The molecule has 1 heterocycles. The van der Waals surface area contributed by atoms with Crippen LogP contribution < -0.4 is 0 Å². The lowest BCUT2D eigenvalue weighted by Gasteiger charge is -2.37. The fourth-order valence-corrected chi connectivity index (χ4v) is 3.52. The smallest absolute Gasteiger partial charge is 0.329 e. The third-order valence-corrected chi connectivity index (χ3v) is 5.32. The zero-order valence-corrected chi connectivity index (χ0v) is 12.9. The lowest BCUT2D eigenvalue weighted by molar-refractivity contribution is -0.148. The van der Waals surface area contributed by atoms with Crippen LogP contribution in [0.1, 0.15) is 51.9 Å². The molecule has 1 atom stereocenters. The van der Waals surface area contributed by atoms with E-state index in [9.17, 15) is 14.7 Å². The quantitative estimate of drug-likeness (QED) is 0.819. The van der Waals surface area contributed by atoms with Gasteiger partial charge in [0.25, 0.3) is 0 Å². The van der Waals surface area contributed by atoms with Gasteiger partial charge in [-0.15, -0.1) is 0 Å². The average molecular weight is 294 g/mol. The van der Waals surface area contributed by atoms with E-state index in [1.807, 2.05) is 11.8 Å². The summed E-state index contributed by atoms with van der Waals surface area (Å²) in [6, 6.07) is -0.0319. The molecular formula is C16H26N2O3. The largest absolute Gasteiger partial charge is 0.479 e. The summed E-state index contributed by atoms with van der Waals surface area (Å²) in [4.78, 5) is 28.3. The van der Waals surface area contributed by atoms with Crippen LogP contribution in [0.5, 0.6) is 0 Å². The second-order valence-corrected chi connectivity index (χ2v) is 7.02. The minimum atomic E-state index is -0.970. The predicted molar refractivity (Wildman–Crippen MR) is 79.0 cm³/mol. The molecule has 0 radical (unpaired) electrons. The number of aliphatic carboxylic acids is 1. The Hall–Kier alpha value is -1.26. The average Bonchev–Trinajstić information content (AvgIpc) is 3.38. The Kier molecular flexibility index (Phi) is 3.84.